The molecule has 11 heteroatoms. The predicted molar refractivity (Wildman–Crippen MR) is 107 cm³/mol. The molecule has 0 saturated heterocycles. The van der Waals surface area contributed by atoms with Crippen molar-refractivity contribution in [2.45, 2.75) is 10.6 Å². The summed E-state index contributed by atoms with van der Waals surface area (Å²) in [7, 11) is -8.76. The summed E-state index contributed by atoms with van der Waals surface area (Å²) in [6, 6.07) is 18.3. The highest BCUT2D eigenvalue weighted by Gasteiger charge is 2.29. The van der Waals surface area contributed by atoms with E-state index in [1.165, 1.54) is 36.4 Å². The van der Waals surface area contributed by atoms with Gasteiger partial charge in [-0.3, -0.25) is 10.1 Å². The second-order valence-electron chi connectivity index (χ2n) is 5.98. The summed E-state index contributed by atoms with van der Waals surface area (Å²) >= 11 is 0. The summed E-state index contributed by atoms with van der Waals surface area (Å²) in [5, 5.41) is 11.4. The second kappa shape index (κ2) is 8.51. The molecule has 0 N–H and O–H groups in total. The highest BCUT2D eigenvalue weighted by Crippen LogP contribution is 2.39. The Balaban J connectivity index is 2.00. The molecule has 30 heavy (non-hydrogen) atoms. The minimum Gasteiger partial charge on any atom is -0.375 e. The normalized spacial score (nSPS) is 11.6. The van der Waals surface area contributed by atoms with Crippen LogP contribution in [0.2, 0.25) is 0 Å². The van der Waals surface area contributed by atoms with Gasteiger partial charge in [-0.05, 0) is 23.8 Å². The third-order valence-electron chi connectivity index (χ3n) is 3.78. The third kappa shape index (κ3) is 5.13. The Labute approximate surface area is 172 Å². The van der Waals surface area contributed by atoms with Gasteiger partial charge >= 0.3 is 25.9 Å². The van der Waals surface area contributed by atoms with Crippen LogP contribution in [0.25, 0.3) is 0 Å². The van der Waals surface area contributed by atoms with E-state index in [9.17, 15) is 26.9 Å². The SMILES string of the molecule is O=[N+]([O-])c1cccc(OS(=O)(=O)c2ccccc2)c1OS(=O)(=O)Cc1ccccc1. The molecule has 0 aliphatic carbocycles. The van der Waals surface area contributed by atoms with Crippen LogP contribution in [-0.4, -0.2) is 21.8 Å². The Morgan fingerprint density at radius 2 is 1.37 bits per heavy atom. The highest BCUT2D eigenvalue weighted by atomic mass is 32.2. The maximum Gasteiger partial charge on any atom is 0.339 e. The molecule has 0 aliphatic rings. The van der Waals surface area contributed by atoms with E-state index < -0.39 is 48.1 Å². The Morgan fingerprint density at radius 3 is 1.97 bits per heavy atom. The van der Waals surface area contributed by atoms with Crippen LogP contribution < -0.4 is 8.37 Å². The molecule has 0 heterocycles. The summed E-state index contributed by atoms with van der Waals surface area (Å²) in [6.45, 7) is 0. The van der Waals surface area contributed by atoms with Crippen molar-refractivity contribution in [3.8, 4) is 11.5 Å². The quantitative estimate of drug-likeness (QED) is 0.291. The third-order valence-corrected chi connectivity index (χ3v) is 6.14. The molecule has 3 aromatic rings. The van der Waals surface area contributed by atoms with Crippen LogP contribution in [0.4, 0.5) is 5.69 Å². The van der Waals surface area contributed by atoms with Crippen molar-refractivity contribution in [1.82, 2.24) is 0 Å². The molecule has 156 valence electrons. The monoisotopic (exact) mass is 449 g/mol. The summed E-state index contributed by atoms with van der Waals surface area (Å²) < 4.78 is 59.9. The van der Waals surface area contributed by atoms with E-state index in [-0.39, 0.29) is 4.90 Å². The van der Waals surface area contributed by atoms with Crippen LogP contribution in [0, 0.1) is 10.1 Å². The van der Waals surface area contributed by atoms with Crippen molar-refractivity contribution in [3.05, 3.63) is 94.5 Å². The molecule has 0 spiro atoms. The molecule has 9 nitrogen and oxygen atoms in total. The first-order chi connectivity index (χ1) is 14.2. The Bertz CT molecular complexity index is 1260. The van der Waals surface area contributed by atoms with E-state index in [0.717, 1.165) is 18.2 Å². The molecule has 0 aromatic heterocycles. The maximum absolute atomic E-state index is 12.5. The number of benzene rings is 3. The van der Waals surface area contributed by atoms with Crippen molar-refractivity contribution in [3.63, 3.8) is 0 Å². The predicted octanol–water partition coefficient (Wildman–Crippen LogP) is 3.27. The average Bonchev–Trinajstić information content (AvgIpc) is 2.70. The molecular formula is C19H15NO8S2. The summed E-state index contributed by atoms with van der Waals surface area (Å²) in [5.41, 5.74) is -0.372. The van der Waals surface area contributed by atoms with Crippen LogP contribution in [0.3, 0.4) is 0 Å². The van der Waals surface area contributed by atoms with Gasteiger partial charge in [0.2, 0.25) is 0 Å². The molecule has 0 amide bonds. The first kappa shape index (κ1) is 21.3. The van der Waals surface area contributed by atoms with Gasteiger partial charge in [0.15, 0.2) is 5.75 Å². The van der Waals surface area contributed by atoms with E-state index in [1.54, 1.807) is 24.3 Å². The fourth-order valence-electron chi connectivity index (χ4n) is 2.49. The molecule has 0 atom stereocenters. The Hall–Kier alpha value is -3.44. The minimum atomic E-state index is -4.39. The lowest BCUT2D eigenvalue weighted by Crippen LogP contribution is -2.15. The number of hydrogen-bond acceptors (Lipinski definition) is 8. The lowest BCUT2D eigenvalue weighted by molar-refractivity contribution is -0.385. The van der Waals surface area contributed by atoms with Gasteiger partial charge in [0, 0.05) is 6.07 Å². The van der Waals surface area contributed by atoms with Gasteiger partial charge in [-0.2, -0.15) is 16.8 Å². The average molecular weight is 449 g/mol. The van der Waals surface area contributed by atoms with Crippen LogP contribution in [0.5, 0.6) is 11.5 Å². The molecule has 0 fully saturated rings. The van der Waals surface area contributed by atoms with Crippen molar-refractivity contribution in [2.75, 3.05) is 0 Å². The molecule has 3 aromatic carbocycles. The fraction of sp³-hybridized carbons (Fsp3) is 0.0526. The van der Waals surface area contributed by atoms with Crippen LogP contribution in [0.1, 0.15) is 5.56 Å². The summed E-state index contributed by atoms with van der Waals surface area (Å²) in [4.78, 5) is 10.3. The van der Waals surface area contributed by atoms with Gasteiger partial charge in [0.1, 0.15) is 10.6 Å². The zero-order valence-electron chi connectivity index (χ0n) is 15.2. The fourth-order valence-corrected chi connectivity index (χ4v) is 4.52. The number of rotatable bonds is 8. The van der Waals surface area contributed by atoms with E-state index >= 15 is 0 Å². The molecular weight excluding hydrogens is 434 g/mol. The number of nitro benzene ring substituents is 1. The molecule has 0 aliphatic heterocycles. The lowest BCUT2D eigenvalue weighted by atomic mass is 10.2. The summed E-state index contributed by atoms with van der Waals surface area (Å²) in [6.07, 6.45) is 0. The van der Waals surface area contributed by atoms with Gasteiger partial charge in [0.05, 0.1) is 4.92 Å². The first-order valence-electron chi connectivity index (χ1n) is 8.41. The Morgan fingerprint density at radius 1 is 0.767 bits per heavy atom. The second-order valence-corrected chi connectivity index (χ2v) is 9.10. The van der Waals surface area contributed by atoms with Gasteiger partial charge in [-0.15, -0.1) is 0 Å². The van der Waals surface area contributed by atoms with Gasteiger partial charge in [0.25, 0.3) is 5.75 Å². The maximum atomic E-state index is 12.5. The van der Waals surface area contributed by atoms with Crippen LogP contribution in [-0.2, 0) is 26.0 Å². The van der Waals surface area contributed by atoms with E-state index in [0.29, 0.717) is 5.56 Å². The summed E-state index contributed by atoms with van der Waals surface area (Å²) in [5.74, 6) is -2.02. The molecule has 0 bridgehead atoms. The van der Waals surface area contributed by atoms with Gasteiger partial charge in [-0.25, -0.2) is 0 Å². The number of para-hydroxylation sites is 1. The van der Waals surface area contributed by atoms with Gasteiger partial charge in [-0.1, -0.05) is 54.6 Å². The number of nitrogens with zero attached hydrogens (tertiary/aromatic N) is 1. The zero-order chi connectivity index (χ0) is 21.8. The van der Waals surface area contributed by atoms with Crippen LogP contribution >= 0.6 is 0 Å². The number of hydrogen-bond donors (Lipinski definition) is 0. The molecule has 0 radical (unpaired) electrons. The van der Waals surface area contributed by atoms with E-state index in [2.05, 4.69) is 0 Å². The largest absolute Gasteiger partial charge is 0.375 e. The standard InChI is InChI=1S/C19H15NO8S2/c21-20(22)17-12-7-13-18(27-30(25,26)16-10-5-2-6-11-16)19(17)28-29(23,24)14-15-8-3-1-4-9-15/h1-13H,14H2. The van der Waals surface area contributed by atoms with Crippen molar-refractivity contribution in [2.24, 2.45) is 0 Å². The highest BCUT2D eigenvalue weighted by molar-refractivity contribution is 7.87. The van der Waals surface area contributed by atoms with Crippen molar-refractivity contribution >= 4 is 25.9 Å². The lowest BCUT2D eigenvalue weighted by Gasteiger charge is -2.13. The molecule has 0 unspecified atom stereocenters. The van der Waals surface area contributed by atoms with Crippen molar-refractivity contribution < 1.29 is 30.1 Å². The minimum absolute atomic E-state index is 0.213. The number of nitro groups is 1. The smallest absolute Gasteiger partial charge is 0.339 e. The van der Waals surface area contributed by atoms with E-state index in [4.69, 9.17) is 8.37 Å². The van der Waals surface area contributed by atoms with Gasteiger partial charge < -0.3 is 8.37 Å². The van der Waals surface area contributed by atoms with E-state index in [1.807, 2.05) is 0 Å². The topological polar surface area (TPSA) is 130 Å². The van der Waals surface area contributed by atoms with Crippen molar-refractivity contribution in [1.29, 1.82) is 0 Å². The van der Waals surface area contributed by atoms with Crippen LogP contribution in [0.15, 0.2) is 83.8 Å². The molecule has 0 saturated carbocycles. The first-order valence-corrected chi connectivity index (χ1v) is 11.4. The molecule has 3 rings (SSSR count). The Kier molecular flexibility index (Phi) is 6.04. The zero-order valence-corrected chi connectivity index (χ0v) is 16.9.